The lowest BCUT2D eigenvalue weighted by atomic mass is 10.0. The zero-order valence-electron chi connectivity index (χ0n) is 17.7. The molecule has 0 aromatic heterocycles. The Morgan fingerprint density at radius 1 is 1.28 bits per heavy atom. The van der Waals surface area contributed by atoms with Crippen molar-refractivity contribution in [2.75, 3.05) is 0 Å². The van der Waals surface area contributed by atoms with Gasteiger partial charge in [-0.1, -0.05) is 38.0 Å². The maximum absolute atomic E-state index is 10.2. The van der Waals surface area contributed by atoms with Gasteiger partial charge in [-0.05, 0) is 64.6 Å². The molecule has 1 heterocycles. The fourth-order valence-electron chi connectivity index (χ4n) is 3.00. The van der Waals surface area contributed by atoms with Crippen LogP contribution in [0.5, 0.6) is 0 Å². The minimum absolute atomic E-state index is 0.00850. The third kappa shape index (κ3) is 7.38. The van der Waals surface area contributed by atoms with Crippen molar-refractivity contribution in [3.05, 3.63) is 23.8 Å². The minimum Gasteiger partial charge on any atom is -0.408 e. The Bertz CT molecular complexity index is 472. The first kappa shape index (κ1) is 22.6. The van der Waals surface area contributed by atoms with E-state index in [1.54, 1.807) is 0 Å². The van der Waals surface area contributed by atoms with Gasteiger partial charge in [-0.3, -0.25) is 0 Å². The highest BCUT2D eigenvalue weighted by Crippen LogP contribution is 2.39. The van der Waals surface area contributed by atoms with Gasteiger partial charge in [0.1, 0.15) is 0 Å². The van der Waals surface area contributed by atoms with Crippen LogP contribution in [-0.2, 0) is 9.16 Å². The molecule has 0 aromatic carbocycles. The maximum Gasteiger partial charge on any atom is 0.193 e. The van der Waals surface area contributed by atoms with Crippen molar-refractivity contribution in [1.82, 2.24) is 0 Å². The first-order valence-corrected chi connectivity index (χ1v) is 12.5. The fourth-order valence-corrected chi connectivity index (χ4v) is 4.25. The van der Waals surface area contributed by atoms with Crippen LogP contribution in [0.1, 0.15) is 67.2 Å². The van der Waals surface area contributed by atoms with Crippen molar-refractivity contribution >= 4 is 8.32 Å². The van der Waals surface area contributed by atoms with Crippen LogP contribution >= 0.6 is 0 Å². The summed E-state index contributed by atoms with van der Waals surface area (Å²) in [5, 5.41) is 10.3. The molecule has 25 heavy (non-hydrogen) atoms. The van der Waals surface area contributed by atoms with Crippen molar-refractivity contribution in [2.45, 2.75) is 110 Å². The lowest BCUT2D eigenvalue weighted by Crippen LogP contribution is -2.46. The summed E-state index contributed by atoms with van der Waals surface area (Å²) >= 11 is 0. The zero-order chi connectivity index (χ0) is 19.4. The number of ether oxygens (including phenoxy) is 1. The van der Waals surface area contributed by atoms with E-state index in [1.165, 1.54) is 5.57 Å². The van der Waals surface area contributed by atoms with E-state index in [0.29, 0.717) is 12.8 Å². The second-order valence-corrected chi connectivity index (χ2v) is 14.3. The number of rotatable bonds is 8. The first-order valence-electron chi connectivity index (χ1n) is 9.62. The molecule has 1 fully saturated rings. The third-order valence-electron chi connectivity index (χ3n) is 5.36. The largest absolute Gasteiger partial charge is 0.408 e. The van der Waals surface area contributed by atoms with Crippen LogP contribution in [0, 0.1) is 0 Å². The maximum atomic E-state index is 10.2. The Morgan fingerprint density at radius 2 is 1.88 bits per heavy atom. The molecule has 4 heteroatoms. The number of aliphatic hydroxyl groups is 1. The summed E-state index contributed by atoms with van der Waals surface area (Å²) in [6.45, 7) is 21.5. The fraction of sp³-hybridized carbons (Fsp3) is 0.810. The van der Waals surface area contributed by atoms with Crippen molar-refractivity contribution in [3.63, 3.8) is 0 Å². The highest BCUT2D eigenvalue weighted by Gasteiger charge is 2.42. The number of hydrogen-bond acceptors (Lipinski definition) is 3. The Morgan fingerprint density at radius 3 is 2.36 bits per heavy atom. The molecule has 4 atom stereocenters. The zero-order valence-corrected chi connectivity index (χ0v) is 18.7. The predicted octanol–water partition coefficient (Wildman–Crippen LogP) is 5.61. The molecule has 1 saturated heterocycles. The predicted molar refractivity (Wildman–Crippen MR) is 109 cm³/mol. The average molecular weight is 369 g/mol. The third-order valence-corrected chi connectivity index (χ3v) is 9.83. The Labute approximate surface area is 156 Å². The van der Waals surface area contributed by atoms with E-state index in [9.17, 15) is 5.11 Å². The lowest BCUT2D eigenvalue weighted by molar-refractivity contribution is -0.0280. The molecule has 1 aliphatic heterocycles. The van der Waals surface area contributed by atoms with Crippen LogP contribution in [0.15, 0.2) is 23.8 Å². The number of aliphatic hydroxyl groups excluding tert-OH is 1. The van der Waals surface area contributed by atoms with Crippen LogP contribution in [0.2, 0.25) is 18.1 Å². The molecule has 1 N–H and O–H groups in total. The Hall–Kier alpha value is -0.423. The monoisotopic (exact) mass is 368 g/mol. The average Bonchev–Trinajstić information content (AvgIpc) is 2.82. The molecule has 0 unspecified atom stereocenters. The van der Waals surface area contributed by atoms with E-state index in [1.807, 2.05) is 6.92 Å². The normalized spacial score (nSPS) is 24.0. The van der Waals surface area contributed by atoms with Crippen molar-refractivity contribution < 1.29 is 14.3 Å². The Balaban J connectivity index is 2.76. The molecule has 0 radical (unpaired) electrons. The molecule has 0 saturated carbocycles. The van der Waals surface area contributed by atoms with Gasteiger partial charge in [0.2, 0.25) is 0 Å². The van der Waals surface area contributed by atoms with Crippen molar-refractivity contribution in [2.24, 2.45) is 0 Å². The van der Waals surface area contributed by atoms with Crippen LogP contribution in [-0.4, -0.2) is 37.8 Å². The first-order chi connectivity index (χ1) is 11.3. The quantitative estimate of drug-likeness (QED) is 0.447. The summed E-state index contributed by atoms with van der Waals surface area (Å²) in [5.74, 6) is 0. The second kappa shape index (κ2) is 8.98. The summed E-state index contributed by atoms with van der Waals surface area (Å²) in [6.07, 6.45) is 5.41. The van der Waals surface area contributed by atoms with Gasteiger partial charge in [-0.25, -0.2) is 0 Å². The second-order valence-electron chi connectivity index (χ2n) is 9.51. The molecule has 0 amide bonds. The Kier molecular flexibility index (Phi) is 8.13. The van der Waals surface area contributed by atoms with E-state index >= 15 is 0 Å². The van der Waals surface area contributed by atoms with Gasteiger partial charge in [0.25, 0.3) is 0 Å². The van der Waals surface area contributed by atoms with Gasteiger partial charge in [-0.2, -0.15) is 0 Å². The molecule has 1 aliphatic rings. The summed E-state index contributed by atoms with van der Waals surface area (Å²) in [6, 6.07) is 0. The molecule has 0 aromatic rings. The van der Waals surface area contributed by atoms with Gasteiger partial charge in [0, 0.05) is 0 Å². The van der Waals surface area contributed by atoms with Crippen LogP contribution in [0.25, 0.3) is 0 Å². The standard InChI is InChI=1S/C21H40O3Si/c1-15(2)12-17(22)14-18-10-11-19(23-18)20(13-16(3)4)24-25(8,9)21(5,6)7/h13,17-20,22H,1,10-12,14H2,2-9H3/t17-,18-,19-,20-/m1/s1. The molecular formula is C21H40O3Si. The number of allylic oxidation sites excluding steroid dienone is 1. The van der Waals surface area contributed by atoms with Crippen LogP contribution in [0.4, 0.5) is 0 Å². The summed E-state index contributed by atoms with van der Waals surface area (Å²) in [5.41, 5.74) is 2.28. The molecule has 3 nitrogen and oxygen atoms in total. The molecule has 1 rings (SSSR count). The van der Waals surface area contributed by atoms with E-state index < -0.39 is 8.32 Å². The van der Waals surface area contributed by atoms with Gasteiger partial charge < -0.3 is 14.3 Å². The van der Waals surface area contributed by atoms with Gasteiger partial charge in [0.15, 0.2) is 8.32 Å². The highest BCUT2D eigenvalue weighted by atomic mass is 28.4. The van der Waals surface area contributed by atoms with Gasteiger partial charge in [-0.15, -0.1) is 6.58 Å². The van der Waals surface area contributed by atoms with E-state index in [0.717, 1.165) is 18.4 Å². The van der Waals surface area contributed by atoms with Gasteiger partial charge >= 0.3 is 0 Å². The molecule has 0 bridgehead atoms. The summed E-state index contributed by atoms with van der Waals surface area (Å²) < 4.78 is 13.0. The molecule has 0 spiro atoms. The summed E-state index contributed by atoms with van der Waals surface area (Å²) in [7, 11) is -1.86. The SMILES string of the molecule is C=C(C)C[C@@H](O)C[C@H]1CC[C@H]([C@@H](C=C(C)C)O[Si](C)(C)C(C)(C)C)O1. The van der Waals surface area contributed by atoms with E-state index in [4.69, 9.17) is 9.16 Å². The van der Waals surface area contributed by atoms with Crippen molar-refractivity contribution in [3.8, 4) is 0 Å². The van der Waals surface area contributed by atoms with E-state index in [-0.39, 0.29) is 29.5 Å². The van der Waals surface area contributed by atoms with E-state index in [2.05, 4.69) is 60.4 Å². The molecular weight excluding hydrogens is 328 g/mol. The van der Waals surface area contributed by atoms with Crippen molar-refractivity contribution in [1.29, 1.82) is 0 Å². The minimum atomic E-state index is -1.86. The smallest absolute Gasteiger partial charge is 0.193 e. The number of hydrogen-bond donors (Lipinski definition) is 1. The topological polar surface area (TPSA) is 38.7 Å². The van der Waals surface area contributed by atoms with Crippen LogP contribution < -0.4 is 0 Å². The lowest BCUT2D eigenvalue weighted by Gasteiger charge is -2.40. The summed E-state index contributed by atoms with van der Waals surface area (Å²) in [4.78, 5) is 0. The van der Waals surface area contributed by atoms with Gasteiger partial charge in [0.05, 0.1) is 24.4 Å². The highest BCUT2D eigenvalue weighted by molar-refractivity contribution is 6.74. The molecule has 0 aliphatic carbocycles. The van der Waals surface area contributed by atoms with Crippen LogP contribution in [0.3, 0.4) is 0 Å². The molecule has 146 valence electrons.